The first-order valence-electron chi connectivity index (χ1n) is 16.7. The van der Waals surface area contributed by atoms with Crippen LogP contribution < -0.4 is 16.4 Å². The molecule has 3 fully saturated rings. The summed E-state index contributed by atoms with van der Waals surface area (Å²) in [6, 6.07) is 0.477. The highest BCUT2D eigenvalue weighted by atomic mass is 16.3. The highest BCUT2D eigenvalue weighted by molar-refractivity contribution is 5.29. The van der Waals surface area contributed by atoms with E-state index in [1.54, 1.807) is 5.57 Å². The summed E-state index contributed by atoms with van der Waals surface area (Å²) in [4.78, 5) is 0. The van der Waals surface area contributed by atoms with Crippen LogP contribution in [0.25, 0.3) is 0 Å². The van der Waals surface area contributed by atoms with Crippen LogP contribution in [0.4, 0.5) is 0 Å². The molecule has 0 aromatic carbocycles. The van der Waals surface area contributed by atoms with Crippen LogP contribution in [0.15, 0.2) is 11.6 Å². The standard InChI is InChI=1S/C34H63N3O/c1-24(2)10-8-11-25(3)28-12-13-29-32-30(15-17-34(28,29)5)33(4)16-14-27(38)22-26(33)23-31(32)37-21-9-20-36-19-7-6-18-35/h23-25,27-32,36-38H,6-22,35H2,1-5H3/t25-,27+,28-,29?,30?,31-,32?,33+,34-/m1/s1. The minimum absolute atomic E-state index is 0.138. The second-order valence-corrected chi connectivity index (χ2v) is 14.9. The Bertz CT molecular complexity index is 767. The molecule has 0 radical (unpaired) electrons. The molecule has 0 aromatic heterocycles. The van der Waals surface area contributed by atoms with E-state index in [2.05, 4.69) is 51.3 Å². The van der Waals surface area contributed by atoms with Gasteiger partial charge in [0, 0.05) is 6.04 Å². The van der Waals surface area contributed by atoms with Crippen LogP contribution in [0.3, 0.4) is 0 Å². The SMILES string of the molecule is CC(C)CCC[C@@H](C)[C@H]1CCC2C3C(CC[C@@]21C)[C@@]1(C)CC[C@H](O)CC1=C[C@H]3NCCCNCCCCN. The van der Waals surface area contributed by atoms with E-state index in [4.69, 9.17) is 5.73 Å². The van der Waals surface area contributed by atoms with Crippen molar-refractivity contribution < 1.29 is 5.11 Å². The highest BCUT2D eigenvalue weighted by Gasteiger charge is 2.61. The number of hydrogen-bond acceptors (Lipinski definition) is 4. The van der Waals surface area contributed by atoms with Crippen LogP contribution in [0.2, 0.25) is 0 Å². The third kappa shape index (κ3) is 6.55. The van der Waals surface area contributed by atoms with E-state index < -0.39 is 0 Å². The van der Waals surface area contributed by atoms with Gasteiger partial charge in [-0.1, -0.05) is 65.5 Å². The van der Waals surface area contributed by atoms with E-state index in [0.29, 0.717) is 16.9 Å². The van der Waals surface area contributed by atoms with Crippen LogP contribution >= 0.6 is 0 Å². The number of rotatable bonds is 14. The summed E-state index contributed by atoms with van der Waals surface area (Å²) >= 11 is 0. The van der Waals surface area contributed by atoms with E-state index in [9.17, 15) is 5.11 Å². The predicted octanol–water partition coefficient (Wildman–Crippen LogP) is 6.68. The van der Waals surface area contributed by atoms with Crippen LogP contribution in [0.1, 0.15) is 118 Å². The van der Waals surface area contributed by atoms with Gasteiger partial charge in [0.1, 0.15) is 0 Å². The Hall–Kier alpha value is -0.420. The van der Waals surface area contributed by atoms with Gasteiger partial charge in [-0.15, -0.1) is 0 Å². The van der Waals surface area contributed by atoms with Gasteiger partial charge in [-0.3, -0.25) is 0 Å². The molecule has 3 saturated carbocycles. The average molecular weight is 530 g/mol. The topological polar surface area (TPSA) is 70.3 Å². The van der Waals surface area contributed by atoms with Crippen molar-refractivity contribution in [3.63, 3.8) is 0 Å². The molecular formula is C34H63N3O. The van der Waals surface area contributed by atoms with Crippen molar-refractivity contribution in [2.24, 2.45) is 52.1 Å². The van der Waals surface area contributed by atoms with Crippen LogP contribution in [-0.2, 0) is 0 Å². The molecule has 0 spiro atoms. The summed E-state index contributed by atoms with van der Waals surface area (Å²) in [6.07, 6.45) is 18.9. The lowest BCUT2D eigenvalue weighted by molar-refractivity contribution is -0.0675. The fraction of sp³-hybridized carbons (Fsp3) is 0.941. The van der Waals surface area contributed by atoms with Gasteiger partial charge in [-0.2, -0.15) is 0 Å². The normalized spacial score (nSPS) is 39.4. The molecule has 5 N–H and O–H groups in total. The molecule has 38 heavy (non-hydrogen) atoms. The van der Waals surface area contributed by atoms with Crippen LogP contribution in [0, 0.1) is 46.3 Å². The zero-order valence-corrected chi connectivity index (χ0v) is 25.7. The van der Waals surface area contributed by atoms with E-state index >= 15 is 0 Å². The molecule has 4 nitrogen and oxygen atoms in total. The molecule has 4 rings (SSSR count). The number of nitrogens with two attached hydrogens (primary N) is 1. The number of fused-ring (bicyclic) bond motifs is 5. The van der Waals surface area contributed by atoms with Gasteiger partial charge in [0.25, 0.3) is 0 Å². The zero-order valence-electron chi connectivity index (χ0n) is 25.7. The van der Waals surface area contributed by atoms with E-state index in [1.807, 2.05) is 0 Å². The molecule has 220 valence electrons. The van der Waals surface area contributed by atoms with Crippen LogP contribution in [-0.4, -0.2) is 43.4 Å². The third-order valence-electron chi connectivity index (χ3n) is 12.1. The summed E-state index contributed by atoms with van der Waals surface area (Å²) in [5.74, 6) is 4.94. The van der Waals surface area contributed by atoms with Gasteiger partial charge in [0.15, 0.2) is 0 Å². The average Bonchev–Trinajstić information content (AvgIpc) is 3.23. The molecule has 0 saturated heterocycles. The molecular weight excluding hydrogens is 466 g/mol. The second-order valence-electron chi connectivity index (χ2n) is 14.9. The van der Waals surface area contributed by atoms with Gasteiger partial charge < -0.3 is 21.5 Å². The Kier molecular flexibility index (Phi) is 10.8. The maximum Gasteiger partial charge on any atom is 0.0577 e. The van der Waals surface area contributed by atoms with E-state index in [-0.39, 0.29) is 6.10 Å². The minimum atomic E-state index is -0.138. The Morgan fingerprint density at radius 3 is 2.47 bits per heavy atom. The molecule has 4 aliphatic rings. The molecule has 4 heteroatoms. The van der Waals surface area contributed by atoms with Gasteiger partial charge in [0.05, 0.1) is 6.10 Å². The predicted molar refractivity (Wildman–Crippen MR) is 162 cm³/mol. The first kappa shape index (κ1) is 30.5. The number of aliphatic hydroxyl groups excluding tert-OH is 1. The summed E-state index contributed by atoms with van der Waals surface area (Å²) in [5, 5.41) is 18.3. The quantitative estimate of drug-likeness (QED) is 0.150. The highest BCUT2D eigenvalue weighted by Crippen LogP contribution is 2.67. The number of aliphatic hydroxyl groups is 1. The maximum atomic E-state index is 10.6. The fourth-order valence-electron chi connectivity index (χ4n) is 9.89. The Morgan fingerprint density at radius 2 is 1.71 bits per heavy atom. The second kappa shape index (κ2) is 13.5. The Balaban J connectivity index is 1.47. The van der Waals surface area contributed by atoms with Crippen molar-refractivity contribution in [1.82, 2.24) is 10.6 Å². The molecule has 3 unspecified atom stereocenters. The monoisotopic (exact) mass is 529 g/mol. The van der Waals surface area contributed by atoms with Crippen molar-refractivity contribution in [2.45, 2.75) is 130 Å². The fourth-order valence-corrected chi connectivity index (χ4v) is 9.89. The molecule has 0 heterocycles. The molecule has 0 bridgehead atoms. The summed E-state index contributed by atoms with van der Waals surface area (Å²) in [5.41, 5.74) is 8.01. The number of hydrogen-bond donors (Lipinski definition) is 4. The molecule has 0 aromatic rings. The smallest absolute Gasteiger partial charge is 0.0577 e. The molecule has 0 aliphatic heterocycles. The van der Waals surface area contributed by atoms with Gasteiger partial charge in [0.2, 0.25) is 0 Å². The lowest BCUT2D eigenvalue weighted by Crippen LogP contribution is -2.58. The third-order valence-corrected chi connectivity index (χ3v) is 12.1. The van der Waals surface area contributed by atoms with Crippen LogP contribution in [0.5, 0.6) is 0 Å². The Morgan fingerprint density at radius 1 is 0.921 bits per heavy atom. The maximum absolute atomic E-state index is 10.6. The molecule has 9 atom stereocenters. The first-order valence-corrected chi connectivity index (χ1v) is 16.7. The van der Waals surface area contributed by atoms with Crippen molar-refractivity contribution in [3.8, 4) is 0 Å². The Labute approximate surface area is 235 Å². The summed E-state index contributed by atoms with van der Waals surface area (Å²) < 4.78 is 0. The van der Waals surface area contributed by atoms with E-state index in [0.717, 1.165) is 80.9 Å². The van der Waals surface area contributed by atoms with Crippen molar-refractivity contribution in [1.29, 1.82) is 0 Å². The van der Waals surface area contributed by atoms with Gasteiger partial charge in [-0.05, 0) is 137 Å². The number of unbranched alkanes of at least 4 members (excludes halogenated alkanes) is 1. The largest absolute Gasteiger partial charge is 0.393 e. The van der Waals surface area contributed by atoms with Crippen molar-refractivity contribution >= 4 is 0 Å². The summed E-state index contributed by atoms with van der Waals surface area (Å²) in [6.45, 7) is 16.7. The van der Waals surface area contributed by atoms with Gasteiger partial charge >= 0.3 is 0 Å². The van der Waals surface area contributed by atoms with E-state index in [1.165, 1.54) is 64.2 Å². The first-order chi connectivity index (χ1) is 18.2. The van der Waals surface area contributed by atoms with Crippen molar-refractivity contribution in [3.05, 3.63) is 11.6 Å². The summed E-state index contributed by atoms with van der Waals surface area (Å²) in [7, 11) is 0. The zero-order chi connectivity index (χ0) is 27.3. The lowest BCUT2D eigenvalue weighted by Gasteiger charge is -2.60. The van der Waals surface area contributed by atoms with Gasteiger partial charge in [-0.25, -0.2) is 0 Å². The molecule has 0 amide bonds. The lowest BCUT2D eigenvalue weighted by atomic mass is 9.46. The minimum Gasteiger partial charge on any atom is -0.393 e. The van der Waals surface area contributed by atoms with Crippen molar-refractivity contribution in [2.75, 3.05) is 26.2 Å². The number of nitrogens with one attached hydrogen (secondary N) is 2. The molecule has 4 aliphatic carbocycles.